The first kappa shape index (κ1) is 23.2. The highest BCUT2D eigenvalue weighted by Crippen LogP contribution is 2.31. The Balaban J connectivity index is 1.72. The molecule has 0 radical (unpaired) electrons. The Morgan fingerprint density at radius 3 is 2.32 bits per heavy atom. The molecule has 1 atom stereocenters. The van der Waals surface area contributed by atoms with Crippen molar-refractivity contribution in [3.05, 3.63) is 59.7 Å². The number of hydrogen-bond donors (Lipinski definition) is 2. The third kappa shape index (κ3) is 5.84. The lowest BCUT2D eigenvalue weighted by Crippen LogP contribution is -2.37. The summed E-state index contributed by atoms with van der Waals surface area (Å²) in [5.41, 5.74) is 1.47. The van der Waals surface area contributed by atoms with E-state index < -0.39 is 10.0 Å². The normalized spacial score (nSPS) is 15.7. The number of rotatable bonds is 9. The first-order valence-corrected chi connectivity index (χ1v) is 12.1. The number of amides is 1. The molecule has 1 fully saturated rings. The predicted molar refractivity (Wildman–Crippen MR) is 121 cm³/mol. The van der Waals surface area contributed by atoms with Gasteiger partial charge in [0.1, 0.15) is 5.75 Å². The topological polar surface area (TPSA) is 87.7 Å². The van der Waals surface area contributed by atoms with E-state index >= 15 is 0 Å². The minimum absolute atomic E-state index is 0.0116. The van der Waals surface area contributed by atoms with Crippen LogP contribution in [0.15, 0.2) is 53.4 Å². The molecular weight excluding hydrogens is 414 g/mol. The molecule has 2 N–H and O–H groups in total. The smallest absolute Gasteiger partial charge is 0.251 e. The third-order valence-corrected chi connectivity index (χ3v) is 7.03. The van der Waals surface area contributed by atoms with Crippen LogP contribution in [0.2, 0.25) is 0 Å². The highest BCUT2D eigenvalue weighted by molar-refractivity contribution is 7.89. The van der Waals surface area contributed by atoms with Crippen LogP contribution in [0.4, 0.5) is 0 Å². The maximum Gasteiger partial charge on any atom is 0.251 e. The summed E-state index contributed by atoms with van der Waals surface area (Å²) in [6, 6.07) is 13.7. The van der Waals surface area contributed by atoms with Gasteiger partial charge in [-0.3, -0.25) is 9.69 Å². The van der Waals surface area contributed by atoms with Gasteiger partial charge in [0.25, 0.3) is 5.91 Å². The van der Waals surface area contributed by atoms with Crippen LogP contribution in [0.25, 0.3) is 0 Å². The van der Waals surface area contributed by atoms with Crippen molar-refractivity contribution >= 4 is 15.9 Å². The van der Waals surface area contributed by atoms with Crippen LogP contribution >= 0.6 is 0 Å². The molecule has 1 saturated heterocycles. The highest BCUT2D eigenvalue weighted by Gasteiger charge is 2.26. The summed E-state index contributed by atoms with van der Waals surface area (Å²) < 4.78 is 32.6. The second-order valence-corrected chi connectivity index (χ2v) is 9.73. The number of nitrogens with zero attached hydrogens (tertiary/aromatic N) is 1. The van der Waals surface area contributed by atoms with Crippen LogP contribution in [0, 0.1) is 0 Å². The van der Waals surface area contributed by atoms with E-state index in [-0.39, 0.29) is 22.9 Å². The fraction of sp³-hybridized carbons (Fsp3) is 0.435. The van der Waals surface area contributed by atoms with E-state index in [0.717, 1.165) is 37.2 Å². The number of para-hydroxylation sites is 1. The van der Waals surface area contributed by atoms with Crippen molar-refractivity contribution in [1.29, 1.82) is 0 Å². The van der Waals surface area contributed by atoms with E-state index in [1.165, 1.54) is 24.3 Å². The molecule has 0 aromatic heterocycles. The Kier molecular flexibility index (Phi) is 7.69. The Labute approximate surface area is 184 Å². The number of benzene rings is 2. The van der Waals surface area contributed by atoms with Crippen LogP contribution in [-0.2, 0) is 10.0 Å². The molecule has 1 unspecified atom stereocenters. The Morgan fingerprint density at radius 1 is 1.06 bits per heavy atom. The molecule has 31 heavy (non-hydrogen) atoms. The first-order chi connectivity index (χ1) is 14.8. The quantitative estimate of drug-likeness (QED) is 0.620. The van der Waals surface area contributed by atoms with Gasteiger partial charge in [-0.25, -0.2) is 13.1 Å². The number of carbonyl (C=O) groups is 1. The van der Waals surface area contributed by atoms with Crippen LogP contribution in [-0.4, -0.2) is 52.0 Å². The lowest BCUT2D eigenvalue weighted by molar-refractivity contribution is 0.0937. The molecule has 1 amide bonds. The number of nitrogens with one attached hydrogen (secondary N) is 2. The van der Waals surface area contributed by atoms with E-state index in [1.54, 1.807) is 21.0 Å². The molecule has 0 saturated carbocycles. The summed E-state index contributed by atoms with van der Waals surface area (Å²) in [6.45, 7) is 5.92. The molecule has 168 valence electrons. The second-order valence-electron chi connectivity index (χ2n) is 8.01. The molecular formula is C23H31N3O4S. The molecule has 7 nitrogen and oxygen atoms in total. The largest absolute Gasteiger partial charge is 0.496 e. The first-order valence-electron chi connectivity index (χ1n) is 10.6. The maximum absolute atomic E-state index is 12.8. The van der Waals surface area contributed by atoms with Crippen molar-refractivity contribution in [2.45, 2.75) is 43.7 Å². The van der Waals surface area contributed by atoms with Crippen LogP contribution in [0.1, 0.15) is 48.7 Å². The van der Waals surface area contributed by atoms with Gasteiger partial charge in [-0.2, -0.15) is 0 Å². The van der Waals surface area contributed by atoms with Gasteiger partial charge in [0.15, 0.2) is 0 Å². The number of likely N-dealkylation sites (tertiary alicyclic amines) is 1. The zero-order valence-electron chi connectivity index (χ0n) is 18.3. The van der Waals surface area contributed by atoms with Crippen LogP contribution < -0.4 is 14.8 Å². The van der Waals surface area contributed by atoms with Gasteiger partial charge in [-0.1, -0.05) is 18.2 Å². The number of sulfonamides is 1. The van der Waals surface area contributed by atoms with Gasteiger partial charge in [-0.15, -0.1) is 0 Å². The van der Waals surface area contributed by atoms with E-state index in [0.29, 0.717) is 12.1 Å². The molecule has 2 aromatic rings. The SMILES string of the molecule is COc1ccccc1C(CNC(=O)c1ccc(S(=O)(=O)NC(C)C)cc1)N1CCCC1. The molecule has 8 heteroatoms. The average Bonchev–Trinajstić information content (AvgIpc) is 3.28. The summed E-state index contributed by atoms with van der Waals surface area (Å²) in [4.78, 5) is 15.3. The summed E-state index contributed by atoms with van der Waals surface area (Å²) in [5.74, 6) is 0.570. The van der Waals surface area contributed by atoms with Crippen molar-refractivity contribution < 1.29 is 17.9 Å². The Hall–Kier alpha value is -2.42. The van der Waals surface area contributed by atoms with E-state index in [2.05, 4.69) is 14.9 Å². The molecule has 1 aliphatic heterocycles. The molecule has 1 heterocycles. The van der Waals surface area contributed by atoms with E-state index in [1.807, 2.05) is 24.3 Å². The fourth-order valence-corrected chi connectivity index (χ4v) is 5.14. The third-order valence-electron chi connectivity index (χ3n) is 5.35. The molecule has 0 spiro atoms. The van der Waals surface area contributed by atoms with Crippen LogP contribution in [0.3, 0.4) is 0 Å². The monoisotopic (exact) mass is 445 g/mol. The van der Waals surface area contributed by atoms with Crippen molar-refractivity contribution in [3.8, 4) is 5.75 Å². The minimum Gasteiger partial charge on any atom is -0.496 e. The standard InChI is InChI=1S/C23H31N3O4S/c1-17(2)25-31(28,29)19-12-10-18(11-13-19)23(27)24-16-21(26-14-6-7-15-26)20-8-4-5-9-22(20)30-3/h4-5,8-13,17,21,25H,6-7,14-16H2,1-3H3,(H,24,27). The van der Waals surface area contributed by atoms with Crippen LogP contribution in [0.5, 0.6) is 5.75 Å². The van der Waals surface area contributed by atoms with E-state index in [9.17, 15) is 13.2 Å². The Bertz CT molecular complexity index is 984. The summed E-state index contributed by atoms with van der Waals surface area (Å²) >= 11 is 0. The zero-order valence-corrected chi connectivity index (χ0v) is 19.1. The second kappa shape index (κ2) is 10.3. The number of ether oxygens (including phenoxy) is 1. The molecule has 0 bridgehead atoms. The molecule has 2 aromatic carbocycles. The van der Waals surface area contributed by atoms with Gasteiger partial charge in [0.2, 0.25) is 10.0 Å². The number of hydrogen-bond acceptors (Lipinski definition) is 5. The summed E-state index contributed by atoms with van der Waals surface area (Å²) in [6.07, 6.45) is 2.28. The molecule has 3 rings (SSSR count). The summed E-state index contributed by atoms with van der Waals surface area (Å²) in [7, 11) is -1.93. The average molecular weight is 446 g/mol. The minimum atomic E-state index is -3.58. The predicted octanol–water partition coefficient (Wildman–Crippen LogP) is 2.95. The highest BCUT2D eigenvalue weighted by atomic mass is 32.2. The van der Waals surface area contributed by atoms with Gasteiger partial charge >= 0.3 is 0 Å². The fourth-order valence-electron chi connectivity index (χ4n) is 3.89. The van der Waals surface area contributed by atoms with Crippen molar-refractivity contribution in [3.63, 3.8) is 0 Å². The van der Waals surface area contributed by atoms with Gasteiger partial charge < -0.3 is 10.1 Å². The number of methoxy groups -OCH3 is 1. The summed E-state index contributed by atoms with van der Waals surface area (Å²) in [5, 5.41) is 3.01. The van der Waals surface area contributed by atoms with Gasteiger partial charge in [0, 0.05) is 23.7 Å². The molecule has 0 aliphatic carbocycles. The van der Waals surface area contributed by atoms with Crippen molar-refractivity contribution in [1.82, 2.24) is 14.9 Å². The number of carbonyl (C=O) groups excluding carboxylic acids is 1. The van der Waals surface area contributed by atoms with E-state index in [4.69, 9.17) is 4.74 Å². The zero-order chi connectivity index (χ0) is 22.4. The maximum atomic E-state index is 12.8. The van der Waals surface area contributed by atoms with Gasteiger partial charge in [-0.05, 0) is 70.1 Å². The van der Waals surface area contributed by atoms with Crippen molar-refractivity contribution in [2.24, 2.45) is 0 Å². The lowest BCUT2D eigenvalue weighted by atomic mass is 10.0. The molecule has 1 aliphatic rings. The van der Waals surface area contributed by atoms with Crippen molar-refractivity contribution in [2.75, 3.05) is 26.7 Å². The van der Waals surface area contributed by atoms with Gasteiger partial charge in [0.05, 0.1) is 18.0 Å². The Morgan fingerprint density at radius 2 is 1.71 bits per heavy atom. The lowest BCUT2D eigenvalue weighted by Gasteiger charge is -2.29.